The third-order valence-corrected chi connectivity index (χ3v) is 11.3. The van der Waals surface area contributed by atoms with Crippen LogP contribution in [-0.4, -0.2) is 114 Å². The van der Waals surface area contributed by atoms with E-state index in [0.717, 1.165) is 98.1 Å². The van der Waals surface area contributed by atoms with Gasteiger partial charge in [-0.3, -0.25) is 14.9 Å². The van der Waals surface area contributed by atoms with E-state index in [-0.39, 0.29) is 5.60 Å². The van der Waals surface area contributed by atoms with Gasteiger partial charge in [-0.05, 0) is 119 Å². The SMILES string of the molecule is C=CCCNc1ccc(N2CCN(CC3CN(c4ccc(NC/N=C5/C=C(c6cnc7c(c6C)N(C=C)CCO7)C=C/C5=C/N=C)cc4)C3)CC2)cc1.C=CNC.COC(C)(C)C. The molecular formula is C51H70N10O2. The molecule has 7 rings (SSSR count). The van der Waals surface area contributed by atoms with Crippen molar-refractivity contribution in [3.05, 3.63) is 134 Å². The van der Waals surface area contributed by atoms with Gasteiger partial charge in [-0.25, -0.2) is 4.98 Å². The van der Waals surface area contributed by atoms with Gasteiger partial charge >= 0.3 is 0 Å². The number of aliphatic imine (C=N–C) groups is 2. The molecule has 0 unspecified atom stereocenters. The van der Waals surface area contributed by atoms with Crippen LogP contribution in [0.5, 0.6) is 5.88 Å². The molecular weight excluding hydrogens is 785 g/mol. The molecule has 12 nitrogen and oxygen atoms in total. The van der Waals surface area contributed by atoms with Gasteiger partial charge in [0.25, 0.3) is 0 Å². The van der Waals surface area contributed by atoms with E-state index in [4.69, 9.17) is 14.5 Å². The molecule has 63 heavy (non-hydrogen) atoms. The molecule has 3 N–H and O–H groups in total. The lowest BCUT2D eigenvalue weighted by atomic mass is 9.93. The summed E-state index contributed by atoms with van der Waals surface area (Å²) < 4.78 is 10.8. The van der Waals surface area contributed by atoms with Crippen LogP contribution >= 0.6 is 0 Å². The Bertz CT molecular complexity index is 2090. The standard InChI is InChI=1S/C43H51N9O.C5H12O.C3H7N/c1-5-7-18-45-36-10-14-38(15-11-36)51-21-19-49(20-22-51)28-33-29-52(30-33)39-16-12-37(13-17-39)47-31-48-41-25-34(8-9-35(41)26-44-4)40-27-46-43-42(32(40)3)50(6-2)23-24-53-43;1-5(2,3)6-4;1-3-4-2/h5-6,8-17,25-27,33,45,47H,1-2,4,7,18-24,28-31H2,3H3;1-4H3;3-4H,1H2,2H3/b35-26-,48-41-;;. The molecule has 2 aromatic carbocycles. The van der Waals surface area contributed by atoms with Gasteiger partial charge in [-0.15, -0.1) is 6.58 Å². The minimum Gasteiger partial charge on any atom is -0.474 e. The lowest BCUT2D eigenvalue weighted by molar-refractivity contribution is 0.0397. The van der Waals surface area contributed by atoms with Gasteiger partial charge in [-0.2, -0.15) is 0 Å². The number of nitrogens with zero attached hydrogens (tertiary/aromatic N) is 7. The van der Waals surface area contributed by atoms with Gasteiger partial charge in [0.2, 0.25) is 5.88 Å². The fourth-order valence-corrected chi connectivity index (χ4v) is 7.46. The average Bonchev–Trinajstić information content (AvgIpc) is 3.29. The fraction of sp³-hybridized carbons (Fsp3) is 0.392. The van der Waals surface area contributed by atoms with Crippen LogP contribution in [0.2, 0.25) is 0 Å². The van der Waals surface area contributed by atoms with Crippen molar-refractivity contribution in [2.45, 2.75) is 39.7 Å². The smallest absolute Gasteiger partial charge is 0.238 e. The Morgan fingerprint density at radius 1 is 0.905 bits per heavy atom. The number of aromatic nitrogens is 1. The molecule has 0 spiro atoms. The molecule has 0 bridgehead atoms. The minimum absolute atomic E-state index is 0.0417. The molecule has 4 aliphatic rings. The number of pyridine rings is 1. The van der Waals surface area contributed by atoms with Crippen molar-refractivity contribution in [1.82, 2.24) is 15.2 Å². The molecule has 0 amide bonds. The molecule has 1 aromatic heterocycles. The van der Waals surface area contributed by atoms with Crippen LogP contribution in [0.3, 0.4) is 0 Å². The van der Waals surface area contributed by atoms with E-state index in [1.807, 2.05) is 52.4 Å². The van der Waals surface area contributed by atoms with E-state index in [0.29, 0.717) is 25.1 Å². The molecule has 2 saturated heterocycles. The van der Waals surface area contributed by atoms with Crippen LogP contribution in [0.15, 0.2) is 133 Å². The van der Waals surface area contributed by atoms with Crippen LogP contribution in [-0.2, 0) is 4.74 Å². The lowest BCUT2D eigenvalue weighted by Crippen LogP contribution is -2.55. The Hall–Kier alpha value is -6.11. The van der Waals surface area contributed by atoms with Crippen molar-refractivity contribution in [2.75, 3.05) is 112 Å². The molecule has 1 aliphatic carbocycles. The first-order chi connectivity index (χ1) is 30.5. The van der Waals surface area contributed by atoms with E-state index in [1.54, 1.807) is 19.5 Å². The molecule has 0 radical (unpaired) electrons. The second kappa shape index (κ2) is 23.9. The van der Waals surface area contributed by atoms with Gasteiger partial charge in [-0.1, -0.05) is 31.4 Å². The second-order valence-corrected chi connectivity index (χ2v) is 16.7. The van der Waals surface area contributed by atoms with Crippen molar-refractivity contribution in [2.24, 2.45) is 15.9 Å². The zero-order valence-electron chi connectivity index (χ0n) is 38.6. The van der Waals surface area contributed by atoms with Crippen LogP contribution in [0, 0.1) is 12.8 Å². The summed E-state index contributed by atoms with van der Waals surface area (Å²) in [5, 5.41) is 9.61. The third-order valence-electron chi connectivity index (χ3n) is 11.3. The average molecular weight is 855 g/mol. The molecule has 0 saturated carbocycles. The predicted molar refractivity (Wildman–Crippen MR) is 269 cm³/mol. The highest BCUT2D eigenvalue weighted by Gasteiger charge is 2.30. The first kappa shape index (κ1) is 47.9. The maximum absolute atomic E-state index is 5.83. The monoisotopic (exact) mass is 855 g/mol. The number of rotatable bonds is 15. The molecule has 3 aromatic rings. The van der Waals surface area contributed by atoms with E-state index in [2.05, 4.69) is 140 Å². The van der Waals surface area contributed by atoms with E-state index in [1.165, 1.54) is 23.6 Å². The largest absolute Gasteiger partial charge is 0.474 e. The van der Waals surface area contributed by atoms with Crippen molar-refractivity contribution >= 4 is 46.4 Å². The number of piperazine rings is 1. The van der Waals surface area contributed by atoms with Crippen molar-refractivity contribution in [1.29, 1.82) is 0 Å². The Balaban J connectivity index is 0.000000674. The molecule has 2 fully saturated rings. The third kappa shape index (κ3) is 13.9. The van der Waals surface area contributed by atoms with Crippen LogP contribution in [0.1, 0.15) is 38.3 Å². The normalized spacial score (nSPS) is 17.4. The predicted octanol–water partition coefficient (Wildman–Crippen LogP) is 8.81. The van der Waals surface area contributed by atoms with Crippen molar-refractivity contribution in [3.8, 4) is 5.88 Å². The number of ether oxygens (including phenoxy) is 2. The summed E-state index contributed by atoms with van der Waals surface area (Å²) in [4.78, 5) is 23.3. The van der Waals surface area contributed by atoms with Crippen LogP contribution < -0.4 is 35.4 Å². The van der Waals surface area contributed by atoms with Crippen LogP contribution in [0.4, 0.5) is 28.4 Å². The number of hydrogen-bond donors (Lipinski definition) is 3. The number of nitrogens with one attached hydrogen (secondary N) is 3. The highest BCUT2D eigenvalue weighted by Crippen LogP contribution is 2.38. The molecule has 4 heterocycles. The lowest BCUT2D eigenvalue weighted by Gasteiger charge is -2.45. The number of fused-ring (bicyclic) bond motifs is 1. The molecule has 3 aliphatic heterocycles. The quantitative estimate of drug-likeness (QED) is 0.0781. The summed E-state index contributed by atoms with van der Waals surface area (Å²) in [6.07, 6.45) is 16.2. The molecule has 12 heteroatoms. The summed E-state index contributed by atoms with van der Waals surface area (Å²) in [6.45, 7) is 33.4. The maximum Gasteiger partial charge on any atom is 0.238 e. The summed E-state index contributed by atoms with van der Waals surface area (Å²) >= 11 is 0. The number of anilines is 5. The Morgan fingerprint density at radius 3 is 2.13 bits per heavy atom. The van der Waals surface area contributed by atoms with E-state index >= 15 is 0 Å². The number of benzene rings is 2. The van der Waals surface area contributed by atoms with E-state index < -0.39 is 0 Å². The summed E-state index contributed by atoms with van der Waals surface area (Å²) in [7, 11) is 3.52. The Labute approximate surface area is 377 Å². The Morgan fingerprint density at radius 2 is 1.54 bits per heavy atom. The highest BCUT2D eigenvalue weighted by atomic mass is 16.5. The van der Waals surface area contributed by atoms with Gasteiger partial charge in [0, 0.05) is 119 Å². The highest BCUT2D eigenvalue weighted by molar-refractivity contribution is 6.17. The summed E-state index contributed by atoms with van der Waals surface area (Å²) in [5.41, 5.74) is 10.7. The van der Waals surface area contributed by atoms with Gasteiger partial charge in [0.1, 0.15) is 19.0 Å². The van der Waals surface area contributed by atoms with Gasteiger partial charge in [0.15, 0.2) is 0 Å². The van der Waals surface area contributed by atoms with Crippen LogP contribution in [0.25, 0.3) is 5.57 Å². The van der Waals surface area contributed by atoms with Gasteiger partial charge < -0.3 is 40.1 Å². The zero-order chi connectivity index (χ0) is 45.2. The number of hydrogen-bond acceptors (Lipinski definition) is 12. The van der Waals surface area contributed by atoms with Crippen molar-refractivity contribution in [3.63, 3.8) is 0 Å². The summed E-state index contributed by atoms with van der Waals surface area (Å²) in [6, 6.07) is 17.6. The topological polar surface area (TPSA) is 105 Å². The first-order valence-corrected chi connectivity index (χ1v) is 22.0. The van der Waals surface area contributed by atoms with Crippen molar-refractivity contribution < 1.29 is 9.47 Å². The second-order valence-electron chi connectivity index (χ2n) is 16.7. The fourth-order valence-electron chi connectivity index (χ4n) is 7.46. The van der Waals surface area contributed by atoms with E-state index in [9.17, 15) is 0 Å². The first-order valence-electron chi connectivity index (χ1n) is 22.0. The Kier molecular flexibility index (Phi) is 18.2. The summed E-state index contributed by atoms with van der Waals surface area (Å²) in [5.74, 6) is 1.35. The minimum atomic E-state index is 0.0417. The number of allylic oxidation sites excluding steroid dienone is 5. The maximum atomic E-state index is 5.83. The molecule has 0 atom stereocenters. The zero-order valence-corrected chi connectivity index (χ0v) is 38.6. The van der Waals surface area contributed by atoms with Gasteiger partial charge in [0.05, 0.1) is 17.9 Å². The molecule has 336 valence electrons. The number of methoxy groups -OCH3 is 1.